The minimum Gasteiger partial charge on any atom is -0.494 e. The molecule has 232 valence electrons. The van der Waals surface area contributed by atoms with E-state index in [0.717, 1.165) is 36.8 Å². The van der Waals surface area contributed by atoms with Crippen molar-refractivity contribution >= 4 is 11.9 Å². The van der Waals surface area contributed by atoms with Crippen molar-refractivity contribution in [2.45, 2.75) is 71.1 Å². The number of carbonyl (C=O) groups excluding carboxylic acids is 2. The largest absolute Gasteiger partial charge is 0.494 e. The van der Waals surface area contributed by atoms with Crippen LogP contribution in [0.4, 0.5) is 13.2 Å². The van der Waals surface area contributed by atoms with Crippen LogP contribution in [-0.4, -0.2) is 44.0 Å². The molecule has 0 unspecified atom stereocenters. The molecular weight excluding hydrogens is 561 g/mol. The zero-order valence-electron chi connectivity index (χ0n) is 24.7. The smallest absolute Gasteiger partial charge is 0.411 e. The monoisotopic (exact) mass is 600 g/mol. The summed E-state index contributed by atoms with van der Waals surface area (Å²) in [7, 11) is 0. The molecule has 3 aromatic rings. The van der Waals surface area contributed by atoms with Gasteiger partial charge in [-0.25, -0.2) is 9.59 Å². The van der Waals surface area contributed by atoms with E-state index in [2.05, 4.69) is 18.6 Å². The van der Waals surface area contributed by atoms with Gasteiger partial charge in [0, 0.05) is 6.61 Å². The molecule has 0 aromatic heterocycles. The molecule has 9 heteroatoms. The van der Waals surface area contributed by atoms with E-state index >= 15 is 0 Å². The minimum absolute atomic E-state index is 0.0780. The number of rotatable bonds is 17. The van der Waals surface area contributed by atoms with E-state index in [0.29, 0.717) is 48.5 Å². The molecule has 0 spiro atoms. The third-order valence-corrected chi connectivity index (χ3v) is 6.57. The van der Waals surface area contributed by atoms with Crippen LogP contribution >= 0.6 is 0 Å². The van der Waals surface area contributed by atoms with Crippen LogP contribution < -0.4 is 9.47 Å². The van der Waals surface area contributed by atoms with Gasteiger partial charge in [0.15, 0.2) is 0 Å². The van der Waals surface area contributed by atoms with Crippen LogP contribution in [-0.2, 0) is 9.47 Å². The molecule has 0 fully saturated rings. The SMILES string of the molecule is CCCC(CCC)OC(=O)c1ccc(OC(=O)c2ccc(-c3ccc(OCCCCCOCC(F)(F)F)cc3)cc2)cc1. The molecule has 0 saturated heterocycles. The van der Waals surface area contributed by atoms with Crippen LogP contribution in [0.3, 0.4) is 0 Å². The molecule has 3 rings (SSSR count). The van der Waals surface area contributed by atoms with Crippen molar-refractivity contribution in [1.82, 2.24) is 0 Å². The summed E-state index contributed by atoms with van der Waals surface area (Å²) in [4.78, 5) is 25.2. The number of halogens is 3. The Morgan fingerprint density at radius 3 is 1.77 bits per heavy atom. The van der Waals surface area contributed by atoms with E-state index in [4.69, 9.17) is 14.2 Å². The Morgan fingerprint density at radius 2 is 1.19 bits per heavy atom. The number of esters is 2. The Morgan fingerprint density at radius 1 is 0.674 bits per heavy atom. The highest BCUT2D eigenvalue weighted by Gasteiger charge is 2.27. The fourth-order valence-electron chi connectivity index (χ4n) is 4.35. The molecule has 0 bridgehead atoms. The summed E-state index contributed by atoms with van der Waals surface area (Å²) < 4.78 is 57.5. The van der Waals surface area contributed by atoms with Crippen molar-refractivity contribution in [3.63, 3.8) is 0 Å². The summed E-state index contributed by atoms with van der Waals surface area (Å²) in [6.45, 7) is 3.44. The minimum atomic E-state index is -4.29. The van der Waals surface area contributed by atoms with Crippen LogP contribution in [0.5, 0.6) is 11.5 Å². The summed E-state index contributed by atoms with van der Waals surface area (Å²) >= 11 is 0. The molecular formula is C34H39F3O6. The fourth-order valence-corrected chi connectivity index (χ4v) is 4.35. The summed E-state index contributed by atoms with van der Waals surface area (Å²) in [5.41, 5.74) is 2.65. The van der Waals surface area contributed by atoms with Gasteiger partial charge in [-0.3, -0.25) is 0 Å². The molecule has 0 atom stereocenters. The van der Waals surface area contributed by atoms with Crippen LogP contribution in [0.2, 0.25) is 0 Å². The lowest BCUT2D eigenvalue weighted by Crippen LogP contribution is -2.18. The standard InChI is InChI=1S/C34H39F3O6/c1-3-8-30(9-4-2)42-33(39)28-16-20-31(21-17-28)43-32(38)27-12-10-25(11-13-27)26-14-18-29(19-15-26)41-23-7-5-6-22-40-24-34(35,36)37/h10-21,30H,3-9,22-24H2,1-2H3. The van der Waals surface area contributed by atoms with Gasteiger partial charge in [-0.15, -0.1) is 0 Å². The topological polar surface area (TPSA) is 71.1 Å². The van der Waals surface area contributed by atoms with Gasteiger partial charge < -0.3 is 18.9 Å². The van der Waals surface area contributed by atoms with Gasteiger partial charge in [0.05, 0.1) is 17.7 Å². The molecule has 0 aliphatic heterocycles. The molecule has 0 aliphatic rings. The van der Waals surface area contributed by atoms with Gasteiger partial charge >= 0.3 is 18.1 Å². The highest BCUT2D eigenvalue weighted by molar-refractivity contribution is 5.92. The average molecular weight is 601 g/mol. The second kappa shape index (κ2) is 17.3. The lowest BCUT2D eigenvalue weighted by atomic mass is 10.0. The Kier molecular flexibility index (Phi) is 13.5. The van der Waals surface area contributed by atoms with Gasteiger partial charge in [-0.1, -0.05) is 51.0 Å². The number of unbranched alkanes of at least 4 members (excludes halogenated alkanes) is 2. The van der Waals surface area contributed by atoms with E-state index < -0.39 is 18.8 Å². The first-order chi connectivity index (χ1) is 20.7. The predicted molar refractivity (Wildman–Crippen MR) is 159 cm³/mol. The molecule has 0 radical (unpaired) electrons. The van der Waals surface area contributed by atoms with Crippen LogP contribution in [0.25, 0.3) is 11.1 Å². The van der Waals surface area contributed by atoms with Crippen LogP contribution in [0.15, 0.2) is 72.8 Å². The van der Waals surface area contributed by atoms with Crippen molar-refractivity contribution in [3.8, 4) is 22.6 Å². The van der Waals surface area contributed by atoms with Crippen molar-refractivity contribution in [1.29, 1.82) is 0 Å². The number of carbonyl (C=O) groups is 2. The highest BCUT2D eigenvalue weighted by atomic mass is 19.4. The van der Waals surface area contributed by atoms with E-state index in [1.165, 1.54) is 0 Å². The molecule has 3 aromatic carbocycles. The fraction of sp³-hybridized carbons (Fsp3) is 0.412. The van der Waals surface area contributed by atoms with E-state index in [1.807, 2.05) is 36.4 Å². The average Bonchev–Trinajstić information content (AvgIpc) is 2.99. The Hall–Kier alpha value is -3.85. The maximum absolute atomic E-state index is 12.7. The molecule has 0 amide bonds. The van der Waals surface area contributed by atoms with E-state index in [9.17, 15) is 22.8 Å². The van der Waals surface area contributed by atoms with Crippen molar-refractivity contribution in [2.24, 2.45) is 0 Å². The first-order valence-electron chi connectivity index (χ1n) is 14.7. The normalized spacial score (nSPS) is 11.4. The van der Waals surface area contributed by atoms with E-state index in [1.54, 1.807) is 36.4 Å². The quantitative estimate of drug-likeness (QED) is 0.0876. The maximum atomic E-state index is 12.7. The summed E-state index contributed by atoms with van der Waals surface area (Å²) in [6, 6.07) is 20.9. The highest BCUT2D eigenvalue weighted by Crippen LogP contribution is 2.24. The van der Waals surface area contributed by atoms with Crippen molar-refractivity contribution < 1.29 is 41.7 Å². The number of hydrogen-bond donors (Lipinski definition) is 0. The molecule has 0 saturated carbocycles. The number of ether oxygens (including phenoxy) is 4. The Labute approximate surface area is 251 Å². The molecule has 43 heavy (non-hydrogen) atoms. The molecule has 6 nitrogen and oxygen atoms in total. The second-order valence-electron chi connectivity index (χ2n) is 10.2. The van der Waals surface area contributed by atoms with Crippen LogP contribution in [0.1, 0.15) is 79.5 Å². The summed E-state index contributed by atoms with van der Waals surface area (Å²) in [5.74, 6) is 0.128. The van der Waals surface area contributed by atoms with Gasteiger partial charge in [-0.05, 0) is 91.8 Å². The maximum Gasteiger partial charge on any atom is 0.411 e. The predicted octanol–water partition coefficient (Wildman–Crippen LogP) is 8.83. The van der Waals surface area contributed by atoms with Gasteiger partial charge in [-0.2, -0.15) is 13.2 Å². The van der Waals surface area contributed by atoms with E-state index in [-0.39, 0.29) is 18.7 Å². The molecule has 0 aliphatic carbocycles. The van der Waals surface area contributed by atoms with Crippen molar-refractivity contribution in [2.75, 3.05) is 19.8 Å². The van der Waals surface area contributed by atoms with Gasteiger partial charge in [0.25, 0.3) is 0 Å². The first kappa shape index (κ1) is 33.6. The lowest BCUT2D eigenvalue weighted by molar-refractivity contribution is -0.174. The molecule has 0 heterocycles. The second-order valence-corrected chi connectivity index (χ2v) is 10.2. The number of hydrogen-bond acceptors (Lipinski definition) is 6. The number of alkyl halides is 3. The third-order valence-electron chi connectivity index (χ3n) is 6.57. The summed E-state index contributed by atoms with van der Waals surface area (Å²) in [5, 5.41) is 0. The first-order valence-corrected chi connectivity index (χ1v) is 14.7. The van der Waals surface area contributed by atoms with Gasteiger partial charge in [0.1, 0.15) is 24.2 Å². The zero-order chi connectivity index (χ0) is 31.1. The van der Waals surface area contributed by atoms with Crippen LogP contribution in [0, 0.1) is 0 Å². The number of benzene rings is 3. The lowest BCUT2D eigenvalue weighted by Gasteiger charge is -2.16. The Balaban J connectivity index is 1.43. The Bertz CT molecular complexity index is 1250. The van der Waals surface area contributed by atoms with Gasteiger partial charge in [0.2, 0.25) is 0 Å². The summed E-state index contributed by atoms with van der Waals surface area (Å²) in [6.07, 6.45) is 1.12. The molecule has 0 N–H and O–H groups in total. The third kappa shape index (κ3) is 12.1. The van der Waals surface area contributed by atoms with Crippen molar-refractivity contribution in [3.05, 3.63) is 83.9 Å². The zero-order valence-corrected chi connectivity index (χ0v) is 24.7.